The zero-order valence-corrected chi connectivity index (χ0v) is 12.3. The van der Waals surface area contributed by atoms with Gasteiger partial charge in [0.15, 0.2) is 0 Å². The van der Waals surface area contributed by atoms with Crippen LogP contribution in [0.4, 0.5) is 0 Å². The van der Waals surface area contributed by atoms with Crippen LogP contribution in [0.2, 0.25) is 0 Å². The van der Waals surface area contributed by atoms with Crippen molar-refractivity contribution in [3.05, 3.63) is 60.2 Å². The molecule has 0 aliphatic carbocycles. The highest BCUT2D eigenvalue weighted by Gasteiger charge is 2.10. The molecule has 0 spiro atoms. The average molecular weight is 269 g/mol. The first-order valence-corrected chi connectivity index (χ1v) is 7.12. The molecule has 0 aromatic heterocycles. The summed E-state index contributed by atoms with van der Waals surface area (Å²) in [6, 6.07) is 19.1. The Morgan fingerprint density at radius 2 is 1.50 bits per heavy atom. The SMILES string of the molecule is CC(C)(O)CNCCc1ccc(-c2ccccc2)cc1. The molecule has 2 rings (SSSR count). The summed E-state index contributed by atoms with van der Waals surface area (Å²) in [7, 11) is 0. The number of benzene rings is 2. The van der Waals surface area contributed by atoms with Crippen LogP contribution in [0.1, 0.15) is 19.4 Å². The fraction of sp³-hybridized carbons (Fsp3) is 0.333. The Hall–Kier alpha value is -1.64. The molecule has 2 aromatic carbocycles. The lowest BCUT2D eigenvalue weighted by Gasteiger charge is -2.17. The monoisotopic (exact) mass is 269 g/mol. The van der Waals surface area contributed by atoms with Gasteiger partial charge >= 0.3 is 0 Å². The lowest BCUT2D eigenvalue weighted by molar-refractivity contribution is 0.0801. The van der Waals surface area contributed by atoms with Crippen molar-refractivity contribution < 1.29 is 5.11 Å². The van der Waals surface area contributed by atoms with Gasteiger partial charge in [-0.05, 0) is 43.5 Å². The first-order valence-electron chi connectivity index (χ1n) is 7.12. The van der Waals surface area contributed by atoms with Crippen molar-refractivity contribution in [2.45, 2.75) is 25.9 Å². The number of aliphatic hydroxyl groups is 1. The topological polar surface area (TPSA) is 32.3 Å². The molecule has 0 amide bonds. The molecule has 0 radical (unpaired) electrons. The fourth-order valence-corrected chi connectivity index (χ4v) is 2.12. The molecule has 0 heterocycles. The van der Waals surface area contributed by atoms with Gasteiger partial charge in [0, 0.05) is 6.54 Å². The Kier molecular flexibility index (Phi) is 4.94. The fourth-order valence-electron chi connectivity index (χ4n) is 2.12. The molecule has 2 heteroatoms. The van der Waals surface area contributed by atoms with Gasteiger partial charge in [-0.15, -0.1) is 0 Å². The predicted octanol–water partition coefficient (Wildman–Crippen LogP) is 3.26. The third-order valence-corrected chi connectivity index (χ3v) is 3.21. The van der Waals surface area contributed by atoms with E-state index >= 15 is 0 Å². The maximum atomic E-state index is 9.61. The minimum atomic E-state index is -0.642. The van der Waals surface area contributed by atoms with Crippen molar-refractivity contribution in [2.24, 2.45) is 0 Å². The van der Waals surface area contributed by atoms with E-state index in [1.165, 1.54) is 16.7 Å². The summed E-state index contributed by atoms with van der Waals surface area (Å²) in [6.45, 7) is 5.13. The van der Waals surface area contributed by atoms with E-state index in [1.54, 1.807) is 0 Å². The van der Waals surface area contributed by atoms with Crippen molar-refractivity contribution in [1.82, 2.24) is 5.32 Å². The van der Waals surface area contributed by atoms with Crippen LogP contribution in [0.15, 0.2) is 54.6 Å². The van der Waals surface area contributed by atoms with E-state index in [4.69, 9.17) is 0 Å². The van der Waals surface area contributed by atoms with Gasteiger partial charge in [-0.2, -0.15) is 0 Å². The van der Waals surface area contributed by atoms with Crippen LogP contribution in [-0.4, -0.2) is 23.8 Å². The summed E-state index contributed by atoms with van der Waals surface area (Å²) in [5, 5.41) is 12.9. The third-order valence-electron chi connectivity index (χ3n) is 3.21. The zero-order valence-electron chi connectivity index (χ0n) is 12.3. The summed E-state index contributed by atoms with van der Waals surface area (Å²) in [4.78, 5) is 0. The maximum Gasteiger partial charge on any atom is 0.0715 e. The highest BCUT2D eigenvalue weighted by atomic mass is 16.3. The standard InChI is InChI=1S/C18H23NO/c1-18(2,20)14-19-13-12-15-8-10-17(11-9-15)16-6-4-3-5-7-16/h3-11,19-20H,12-14H2,1-2H3. The van der Waals surface area contributed by atoms with Gasteiger partial charge in [0.25, 0.3) is 0 Å². The van der Waals surface area contributed by atoms with Crippen LogP contribution in [0, 0.1) is 0 Å². The molecule has 0 unspecified atom stereocenters. The van der Waals surface area contributed by atoms with Crippen molar-refractivity contribution in [3.63, 3.8) is 0 Å². The van der Waals surface area contributed by atoms with Crippen molar-refractivity contribution in [3.8, 4) is 11.1 Å². The molecule has 2 nitrogen and oxygen atoms in total. The Bertz CT molecular complexity index is 511. The molecule has 0 aliphatic rings. The van der Waals surface area contributed by atoms with E-state index in [9.17, 15) is 5.11 Å². The van der Waals surface area contributed by atoms with E-state index in [-0.39, 0.29) is 0 Å². The number of hydrogen-bond acceptors (Lipinski definition) is 2. The third kappa shape index (κ3) is 4.80. The highest BCUT2D eigenvalue weighted by Crippen LogP contribution is 2.19. The van der Waals surface area contributed by atoms with Gasteiger partial charge in [0.05, 0.1) is 5.60 Å². The molecule has 0 fully saturated rings. The predicted molar refractivity (Wildman–Crippen MR) is 84.7 cm³/mol. The Labute approximate surface area is 121 Å². The normalized spacial score (nSPS) is 11.6. The molecule has 0 saturated heterocycles. The van der Waals surface area contributed by atoms with Gasteiger partial charge in [-0.1, -0.05) is 54.6 Å². The Morgan fingerprint density at radius 3 is 2.10 bits per heavy atom. The van der Waals surface area contributed by atoms with Crippen molar-refractivity contribution >= 4 is 0 Å². The molecule has 2 aromatic rings. The quantitative estimate of drug-likeness (QED) is 0.789. The lowest BCUT2D eigenvalue weighted by Crippen LogP contribution is -2.35. The van der Waals surface area contributed by atoms with E-state index < -0.39 is 5.60 Å². The summed E-state index contributed by atoms with van der Waals surface area (Å²) >= 11 is 0. The largest absolute Gasteiger partial charge is 0.389 e. The molecule has 0 atom stereocenters. The van der Waals surface area contributed by atoms with Gasteiger partial charge in [0.2, 0.25) is 0 Å². The first kappa shape index (κ1) is 14.8. The van der Waals surface area contributed by atoms with Crippen LogP contribution in [0.5, 0.6) is 0 Å². The average Bonchev–Trinajstić information content (AvgIpc) is 2.44. The minimum Gasteiger partial charge on any atom is -0.389 e. The molecule has 106 valence electrons. The smallest absolute Gasteiger partial charge is 0.0715 e. The molecular weight excluding hydrogens is 246 g/mol. The molecule has 2 N–H and O–H groups in total. The summed E-state index contributed by atoms with van der Waals surface area (Å²) < 4.78 is 0. The van der Waals surface area contributed by atoms with Crippen LogP contribution in [0.3, 0.4) is 0 Å². The van der Waals surface area contributed by atoms with E-state index in [1.807, 2.05) is 19.9 Å². The second-order valence-electron chi connectivity index (χ2n) is 5.80. The van der Waals surface area contributed by atoms with Crippen LogP contribution in [-0.2, 0) is 6.42 Å². The van der Waals surface area contributed by atoms with E-state index in [0.717, 1.165) is 13.0 Å². The second kappa shape index (κ2) is 6.69. The Balaban J connectivity index is 1.86. The lowest BCUT2D eigenvalue weighted by atomic mass is 10.0. The van der Waals surface area contributed by atoms with Crippen molar-refractivity contribution in [2.75, 3.05) is 13.1 Å². The van der Waals surface area contributed by atoms with Crippen LogP contribution >= 0.6 is 0 Å². The zero-order chi connectivity index (χ0) is 14.4. The molecule has 0 saturated carbocycles. The number of hydrogen-bond donors (Lipinski definition) is 2. The van der Waals surface area contributed by atoms with Gasteiger partial charge in [-0.3, -0.25) is 0 Å². The van der Waals surface area contributed by atoms with Crippen LogP contribution < -0.4 is 5.32 Å². The first-order chi connectivity index (χ1) is 9.54. The molecule has 0 bridgehead atoms. The summed E-state index contributed by atoms with van der Waals surface area (Å²) in [5.41, 5.74) is 3.17. The Morgan fingerprint density at radius 1 is 0.900 bits per heavy atom. The van der Waals surface area contributed by atoms with Gasteiger partial charge in [-0.25, -0.2) is 0 Å². The minimum absolute atomic E-state index is 0.620. The number of rotatable bonds is 6. The summed E-state index contributed by atoms with van der Waals surface area (Å²) in [6.07, 6.45) is 0.977. The maximum absolute atomic E-state index is 9.61. The van der Waals surface area contributed by atoms with E-state index in [2.05, 4.69) is 53.8 Å². The summed E-state index contributed by atoms with van der Waals surface area (Å²) in [5.74, 6) is 0. The highest BCUT2D eigenvalue weighted by molar-refractivity contribution is 5.63. The number of nitrogens with one attached hydrogen (secondary N) is 1. The van der Waals surface area contributed by atoms with Crippen LogP contribution in [0.25, 0.3) is 11.1 Å². The van der Waals surface area contributed by atoms with E-state index in [0.29, 0.717) is 6.54 Å². The molecule has 0 aliphatic heterocycles. The van der Waals surface area contributed by atoms with Gasteiger partial charge in [0.1, 0.15) is 0 Å². The molecular formula is C18H23NO. The van der Waals surface area contributed by atoms with Crippen molar-refractivity contribution in [1.29, 1.82) is 0 Å². The second-order valence-corrected chi connectivity index (χ2v) is 5.80. The van der Waals surface area contributed by atoms with Gasteiger partial charge < -0.3 is 10.4 Å². The molecule has 20 heavy (non-hydrogen) atoms.